The summed E-state index contributed by atoms with van der Waals surface area (Å²) in [5.41, 5.74) is 12.3. The molecule has 0 atom stereocenters. The van der Waals surface area contributed by atoms with E-state index in [0.29, 0.717) is 0 Å². The molecule has 7 rings (SSSR count). The Labute approximate surface area is 239 Å². The minimum atomic E-state index is 0.862. The Morgan fingerprint density at radius 2 is 1.10 bits per heavy atom. The van der Waals surface area contributed by atoms with E-state index in [1.54, 1.807) is 0 Å². The van der Waals surface area contributed by atoms with Crippen LogP contribution in [0.15, 0.2) is 169 Å². The molecule has 1 aliphatic rings. The molecule has 0 aliphatic carbocycles. The highest BCUT2D eigenvalue weighted by Crippen LogP contribution is 2.42. The van der Waals surface area contributed by atoms with E-state index in [0.717, 1.165) is 67.5 Å². The second kappa shape index (κ2) is 10.9. The van der Waals surface area contributed by atoms with Crippen LogP contribution in [-0.4, -0.2) is 15.7 Å². The standard InChI is InChI=1S/C38H27N3/c1-5-15-27(16-6-1)31-25-34(29-19-9-3-10-20-29)40-37(31)36(33-23-13-14-24-39-33)38-32(28-17-7-2-8-18-28)26-35(41-38)30-21-11-4-12-22-30/h1-26,40H. The number of benzene rings is 4. The van der Waals surface area contributed by atoms with Gasteiger partial charge in [0.05, 0.1) is 28.4 Å². The predicted octanol–water partition coefficient (Wildman–Crippen LogP) is 9.09. The van der Waals surface area contributed by atoms with Crippen molar-refractivity contribution in [2.45, 2.75) is 0 Å². The van der Waals surface area contributed by atoms with Gasteiger partial charge in [-0.05, 0) is 41.0 Å². The molecule has 0 radical (unpaired) electrons. The summed E-state index contributed by atoms with van der Waals surface area (Å²) in [6.07, 6.45) is 4.05. The molecule has 2 aromatic heterocycles. The molecule has 3 nitrogen and oxygen atoms in total. The zero-order chi connectivity index (χ0) is 27.4. The lowest BCUT2D eigenvalue weighted by atomic mass is 9.93. The summed E-state index contributed by atoms with van der Waals surface area (Å²) >= 11 is 0. The third-order valence-corrected chi connectivity index (χ3v) is 7.32. The van der Waals surface area contributed by atoms with Gasteiger partial charge in [-0.25, -0.2) is 4.99 Å². The van der Waals surface area contributed by atoms with Gasteiger partial charge in [0.15, 0.2) is 0 Å². The van der Waals surface area contributed by atoms with Crippen LogP contribution >= 0.6 is 0 Å². The van der Waals surface area contributed by atoms with Crippen molar-refractivity contribution in [3.8, 4) is 22.4 Å². The van der Waals surface area contributed by atoms with E-state index in [1.807, 2.05) is 36.5 Å². The fourth-order valence-electron chi connectivity index (χ4n) is 5.35. The maximum absolute atomic E-state index is 5.33. The second-order valence-corrected chi connectivity index (χ2v) is 9.93. The molecule has 41 heavy (non-hydrogen) atoms. The number of H-pyrrole nitrogens is 1. The van der Waals surface area contributed by atoms with Crippen LogP contribution in [0.25, 0.3) is 33.5 Å². The number of rotatable bonds is 6. The zero-order valence-electron chi connectivity index (χ0n) is 22.4. The van der Waals surface area contributed by atoms with Gasteiger partial charge in [-0.1, -0.05) is 127 Å². The Morgan fingerprint density at radius 1 is 0.537 bits per heavy atom. The van der Waals surface area contributed by atoms with Crippen LogP contribution in [0, 0.1) is 0 Å². The van der Waals surface area contributed by atoms with Crippen molar-refractivity contribution in [1.29, 1.82) is 0 Å². The first kappa shape index (κ1) is 24.5. The van der Waals surface area contributed by atoms with E-state index in [-0.39, 0.29) is 0 Å². The fourth-order valence-corrected chi connectivity index (χ4v) is 5.35. The molecule has 0 bridgehead atoms. The van der Waals surface area contributed by atoms with Gasteiger partial charge in [0.2, 0.25) is 0 Å². The summed E-state index contributed by atoms with van der Waals surface area (Å²) < 4.78 is 0. The smallest absolute Gasteiger partial charge is 0.0831 e. The molecule has 0 saturated heterocycles. The van der Waals surface area contributed by atoms with Crippen LogP contribution in [0.2, 0.25) is 0 Å². The van der Waals surface area contributed by atoms with Crippen molar-refractivity contribution in [2.75, 3.05) is 0 Å². The minimum Gasteiger partial charge on any atom is -0.354 e. The number of allylic oxidation sites excluding steroid dienone is 2. The number of nitrogens with one attached hydrogen (secondary N) is 1. The van der Waals surface area contributed by atoms with Gasteiger partial charge in [-0.2, -0.15) is 0 Å². The molecule has 0 spiro atoms. The highest BCUT2D eigenvalue weighted by Gasteiger charge is 2.26. The van der Waals surface area contributed by atoms with Crippen LogP contribution in [0.4, 0.5) is 0 Å². The SMILES string of the molecule is C1=C(c2ccccc2)C(=C(c2ccccn2)c2[nH]c(-c3ccccc3)cc2-c2ccccc2)N=C1c1ccccc1. The van der Waals surface area contributed by atoms with Crippen molar-refractivity contribution in [3.63, 3.8) is 0 Å². The Balaban J connectivity index is 1.55. The van der Waals surface area contributed by atoms with Crippen LogP contribution in [0.3, 0.4) is 0 Å². The number of nitrogens with zero attached hydrogens (tertiary/aromatic N) is 2. The van der Waals surface area contributed by atoms with Crippen LogP contribution in [-0.2, 0) is 0 Å². The van der Waals surface area contributed by atoms with Gasteiger partial charge < -0.3 is 4.98 Å². The first-order chi connectivity index (χ1) is 20.3. The Kier molecular flexibility index (Phi) is 6.52. The second-order valence-electron chi connectivity index (χ2n) is 9.93. The number of hydrogen-bond acceptors (Lipinski definition) is 2. The monoisotopic (exact) mass is 525 g/mol. The first-order valence-electron chi connectivity index (χ1n) is 13.8. The Hall–Kier alpha value is -5.54. The van der Waals surface area contributed by atoms with Crippen molar-refractivity contribution >= 4 is 16.9 Å². The number of aromatic amines is 1. The lowest BCUT2D eigenvalue weighted by Gasteiger charge is -2.14. The molecule has 0 fully saturated rings. The summed E-state index contributed by atoms with van der Waals surface area (Å²) in [6.45, 7) is 0. The molecular weight excluding hydrogens is 498 g/mol. The van der Waals surface area contributed by atoms with Gasteiger partial charge >= 0.3 is 0 Å². The largest absolute Gasteiger partial charge is 0.354 e. The maximum Gasteiger partial charge on any atom is 0.0831 e. The van der Waals surface area contributed by atoms with E-state index in [1.165, 1.54) is 0 Å². The summed E-state index contributed by atoms with van der Waals surface area (Å²) in [5, 5.41) is 0. The highest BCUT2D eigenvalue weighted by atomic mass is 14.8. The van der Waals surface area contributed by atoms with E-state index in [4.69, 9.17) is 9.98 Å². The number of pyridine rings is 1. The molecule has 1 aliphatic heterocycles. The zero-order valence-corrected chi connectivity index (χ0v) is 22.4. The Morgan fingerprint density at radius 3 is 1.71 bits per heavy atom. The minimum absolute atomic E-state index is 0.862. The van der Waals surface area contributed by atoms with E-state index < -0.39 is 0 Å². The molecule has 194 valence electrons. The van der Waals surface area contributed by atoms with Crippen molar-refractivity contribution in [3.05, 3.63) is 186 Å². The van der Waals surface area contributed by atoms with Crippen LogP contribution < -0.4 is 0 Å². The van der Waals surface area contributed by atoms with E-state index >= 15 is 0 Å². The summed E-state index contributed by atoms with van der Waals surface area (Å²) in [5.74, 6) is 0. The summed E-state index contributed by atoms with van der Waals surface area (Å²) in [6, 6.07) is 50.1. The summed E-state index contributed by atoms with van der Waals surface area (Å²) in [4.78, 5) is 14.0. The number of hydrogen-bond donors (Lipinski definition) is 1. The van der Waals surface area contributed by atoms with E-state index in [2.05, 4.69) is 126 Å². The normalized spacial score (nSPS) is 14.0. The Bertz CT molecular complexity index is 1880. The van der Waals surface area contributed by atoms with Gasteiger partial charge in [0.25, 0.3) is 0 Å². The molecule has 0 saturated carbocycles. The lowest BCUT2D eigenvalue weighted by Crippen LogP contribution is -1.99. The third kappa shape index (κ3) is 4.86. The third-order valence-electron chi connectivity index (χ3n) is 7.32. The molecule has 4 aromatic carbocycles. The average molecular weight is 526 g/mol. The quantitative estimate of drug-likeness (QED) is 0.231. The van der Waals surface area contributed by atoms with Gasteiger partial charge in [0.1, 0.15) is 0 Å². The van der Waals surface area contributed by atoms with Crippen molar-refractivity contribution in [2.24, 2.45) is 4.99 Å². The van der Waals surface area contributed by atoms with Crippen molar-refractivity contribution in [1.82, 2.24) is 9.97 Å². The average Bonchev–Trinajstić information content (AvgIpc) is 3.70. The van der Waals surface area contributed by atoms with Crippen LogP contribution in [0.5, 0.6) is 0 Å². The fraction of sp³-hybridized carbons (Fsp3) is 0. The molecular formula is C38H27N3. The predicted molar refractivity (Wildman–Crippen MR) is 169 cm³/mol. The number of aromatic nitrogens is 2. The molecule has 0 amide bonds. The van der Waals surface area contributed by atoms with Crippen molar-refractivity contribution < 1.29 is 0 Å². The summed E-state index contributed by atoms with van der Waals surface area (Å²) in [7, 11) is 0. The van der Waals surface area contributed by atoms with Gasteiger partial charge in [-0.15, -0.1) is 0 Å². The highest BCUT2D eigenvalue weighted by molar-refractivity contribution is 6.20. The van der Waals surface area contributed by atoms with Gasteiger partial charge in [-0.3, -0.25) is 4.98 Å². The molecule has 0 unspecified atom stereocenters. The lowest BCUT2D eigenvalue weighted by molar-refractivity contribution is 1.23. The van der Waals surface area contributed by atoms with E-state index in [9.17, 15) is 0 Å². The first-order valence-corrected chi connectivity index (χ1v) is 13.8. The maximum atomic E-state index is 5.33. The molecule has 3 heterocycles. The molecule has 6 aromatic rings. The molecule has 3 heteroatoms. The topological polar surface area (TPSA) is 41.0 Å². The van der Waals surface area contributed by atoms with Gasteiger partial charge in [0, 0.05) is 28.6 Å². The number of aliphatic imine (C=N–C) groups is 1. The van der Waals surface area contributed by atoms with Crippen LogP contribution in [0.1, 0.15) is 22.5 Å². The molecule has 1 N–H and O–H groups in total.